The normalized spacial score (nSPS) is 11.1. The van der Waals surface area contributed by atoms with Crippen LogP contribution in [0.4, 0.5) is 5.69 Å². The third-order valence-electron chi connectivity index (χ3n) is 4.52. The number of benzene rings is 1. The second-order valence-corrected chi connectivity index (χ2v) is 6.48. The number of carbonyl (C=O) groups excluding carboxylic acids is 1. The molecule has 29 heavy (non-hydrogen) atoms. The van der Waals surface area contributed by atoms with E-state index in [4.69, 9.17) is 0 Å². The molecule has 0 fully saturated rings. The van der Waals surface area contributed by atoms with Gasteiger partial charge in [-0.2, -0.15) is 10.2 Å². The molecule has 0 spiro atoms. The van der Waals surface area contributed by atoms with Crippen LogP contribution in [0.25, 0.3) is 17.6 Å². The molecule has 3 aromatic heterocycles. The van der Waals surface area contributed by atoms with E-state index in [0.717, 1.165) is 22.6 Å². The van der Waals surface area contributed by atoms with Crippen molar-refractivity contribution in [3.05, 3.63) is 90.1 Å². The molecule has 0 radical (unpaired) electrons. The maximum absolute atomic E-state index is 12.5. The summed E-state index contributed by atoms with van der Waals surface area (Å²) in [4.78, 5) is 16.8. The van der Waals surface area contributed by atoms with E-state index in [9.17, 15) is 4.79 Å². The molecule has 0 atom stereocenters. The predicted octanol–water partition coefficient (Wildman–Crippen LogP) is 3.72. The largest absolute Gasteiger partial charge is 0.319 e. The van der Waals surface area contributed by atoms with Gasteiger partial charge in [0.2, 0.25) is 5.91 Å². The van der Waals surface area contributed by atoms with E-state index in [1.165, 1.54) is 6.08 Å². The van der Waals surface area contributed by atoms with Gasteiger partial charge in [-0.15, -0.1) is 0 Å². The summed E-state index contributed by atoms with van der Waals surface area (Å²) in [6, 6.07) is 15.3. The van der Waals surface area contributed by atoms with Gasteiger partial charge in [-0.1, -0.05) is 18.2 Å². The van der Waals surface area contributed by atoms with Crippen LogP contribution in [0.2, 0.25) is 0 Å². The molecule has 0 saturated heterocycles. The minimum atomic E-state index is -0.252. The molecule has 3 heterocycles. The van der Waals surface area contributed by atoms with Crippen LogP contribution in [0.3, 0.4) is 0 Å². The van der Waals surface area contributed by atoms with Gasteiger partial charge in [0.1, 0.15) is 0 Å². The molecule has 0 aliphatic heterocycles. The van der Waals surface area contributed by atoms with Crippen molar-refractivity contribution >= 4 is 17.7 Å². The maximum Gasteiger partial charge on any atom is 0.248 e. The number of nitrogens with zero attached hydrogens (tertiary/aromatic N) is 5. The van der Waals surface area contributed by atoms with Gasteiger partial charge in [0.05, 0.1) is 17.1 Å². The van der Waals surface area contributed by atoms with Crippen molar-refractivity contribution < 1.29 is 4.79 Å². The summed E-state index contributed by atoms with van der Waals surface area (Å²) < 4.78 is 3.49. The van der Waals surface area contributed by atoms with Crippen molar-refractivity contribution in [3.63, 3.8) is 0 Å². The van der Waals surface area contributed by atoms with Gasteiger partial charge >= 0.3 is 0 Å². The Morgan fingerprint density at radius 2 is 1.86 bits per heavy atom. The highest BCUT2D eigenvalue weighted by atomic mass is 16.1. The summed E-state index contributed by atoms with van der Waals surface area (Å²) in [6.07, 6.45) is 8.39. The number of amides is 1. The monoisotopic (exact) mass is 384 g/mol. The lowest BCUT2D eigenvalue weighted by Crippen LogP contribution is -2.12. The number of carbonyl (C=O) groups is 1. The molecule has 1 aromatic carbocycles. The van der Waals surface area contributed by atoms with E-state index in [1.807, 2.05) is 48.9 Å². The maximum atomic E-state index is 12.5. The summed E-state index contributed by atoms with van der Waals surface area (Å²) in [7, 11) is 0. The predicted molar refractivity (Wildman–Crippen MR) is 112 cm³/mol. The van der Waals surface area contributed by atoms with E-state index < -0.39 is 0 Å². The molecule has 7 nitrogen and oxygen atoms in total. The topological polar surface area (TPSA) is 77.6 Å². The minimum absolute atomic E-state index is 0.252. The molecule has 7 heteroatoms. The zero-order chi connectivity index (χ0) is 20.2. The molecule has 1 amide bonds. The second kappa shape index (κ2) is 7.93. The third kappa shape index (κ3) is 3.84. The Labute approximate surface area is 168 Å². The van der Waals surface area contributed by atoms with Gasteiger partial charge in [-0.05, 0) is 50.3 Å². The molecule has 144 valence electrons. The van der Waals surface area contributed by atoms with E-state index in [1.54, 1.807) is 47.5 Å². The standard InChI is InChI=1S/C22H20N6O/c1-16-19(17(2)28(26-16)18-8-4-3-5-9-18)11-12-21(29)25-20-10-6-13-23-22(20)27-15-7-14-24-27/h3-15H,1-2H3,(H,25,29)/b12-11+. The number of rotatable bonds is 5. The van der Waals surface area contributed by atoms with Crippen LogP contribution in [0, 0.1) is 13.8 Å². The van der Waals surface area contributed by atoms with Crippen molar-refractivity contribution in [2.75, 3.05) is 5.32 Å². The van der Waals surface area contributed by atoms with E-state index in [2.05, 4.69) is 20.5 Å². The summed E-state index contributed by atoms with van der Waals surface area (Å²) in [5, 5.41) is 11.6. The Bertz CT molecular complexity index is 1160. The Hall–Kier alpha value is -4.00. The minimum Gasteiger partial charge on any atom is -0.319 e. The van der Waals surface area contributed by atoms with Gasteiger partial charge in [0.25, 0.3) is 0 Å². The van der Waals surface area contributed by atoms with Crippen LogP contribution >= 0.6 is 0 Å². The van der Waals surface area contributed by atoms with Crippen LogP contribution in [0.5, 0.6) is 0 Å². The second-order valence-electron chi connectivity index (χ2n) is 6.48. The number of aromatic nitrogens is 5. The lowest BCUT2D eigenvalue weighted by atomic mass is 10.2. The molecule has 0 aliphatic carbocycles. The van der Waals surface area contributed by atoms with E-state index >= 15 is 0 Å². The summed E-state index contributed by atoms with van der Waals surface area (Å²) in [5.41, 5.74) is 4.31. The molecular formula is C22H20N6O. The first-order valence-corrected chi connectivity index (χ1v) is 9.19. The van der Waals surface area contributed by atoms with Gasteiger partial charge in [-0.3, -0.25) is 4.79 Å². The van der Waals surface area contributed by atoms with Crippen molar-refractivity contribution in [3.8, 4) is 11.5 Å². The van der Waals surface area contributed by atoms with E-state index in [-0.39, 0.29) is 5.91 Å². The van der Waals surface area contributed by atoms with E-state index in [0.29, 0.717) is 11.5 Å². The van der Waals surface area contributed by atoms with Gasteiger partial charge in [0.15, 0.2) is 5.82 Å². The van der Waals surface area contributed by atoms with Gasteiger partial charge in [0, 0.05) is 35.9 Å². The fraction of sp³-hybridized carbons (Fsp3) is 0.0909. The van der Waals surface area contributed by atoms with Crippen molar-refractivity contribution in [1.82, 2.24) is 24.5 Å². The Morgan fingerprint density at radius 1 is 1.03 bits per heavy atom. The lowest BCUT2D eigenvalue weighted by molar-refractivity contribution is -0.111. The summed E-state index contributed by atoms with van der Waals surface area (Å²) in [5.74, 6) is 0.307. The first-order chi connectivity index (χ1) is 14.1. The van der Waals surface area contributed by atoms with Crippen LogP contribution in [-0.4, -0.2) is 30.5 Å². The average Bonchev–Trinajstić information content (AvgIpc) is 3.36. The average molecular weight is 384 g/mol. The Balaban J connectivity index is 1.55. The lowest BCUT2D eigenvalue weighted by Gasteiger charge is -2.08. The number of para-hydroxylation sites is 1. The number of hydrogen-bond donors (Lipinski definition) is 1. The molecule has 0 bridgehead atoms. The Kier molecular flexibility index (Phi) is 5.03. The number of hydrogen-bond acceptors (Lipinski definition) is 4. The quantitative estimate of drug-likeness (QED) is 0.532. The first kappa shape index (κ1) is 18.4. The van der Waals surface area contributed by atoms with Crippen LogP contribution < -0.4 is 5.32 Å². The highest BCUT2D eigenvalue weighted by molar-refractivity contribution is 6.02. The highest BCUT2D eigenvalue weighted by Gasteiger charge is 2.12. The zero-order valence-electron chi connectivity index (χ0n) is 16.1. The Morgan fingerprint density at radius 3 is 2.62 bits per heavy atom. The summed E-state index contributed by atoms with van der Waals surface area (Å²) >= 11 is 0. The van der Waals surface area contributed by atoms with Crippen molar-refractivity contribution in [1.29, 1.82) is 0 Å². The van der Waals surface area contributed by atoms with Gasteiger partial charge < -0.3 is 5.32 Å². The third-order valence-corrected chi connectivity index (χ3v) is 4.52. The summed E-state index contributed by atoms with van der Waals surface area (Å²) in [6.45, 7) is 3.92. The molecule has 4 aromatic rings. The van der Waals surface area contributed by atoms with Crippen molar-refractivity contribution in [2.45, 2.75) is 13.8 Å². The smallest absolute Gasteiger partial charge is 0.248 e. The molecule has 0 aliphatic rings. The molecular weight excluding hydrogens is 364 g/mol. The highest BCUT2D eigenvalue weighted by Crippen LogP contribution is 2.20. The molecule has 0 saturated carbocycles. The molecule has 4 rings (SSSR count). The van der Waals surface area contributed by atoms with Crippen molar-refractivity contribution in [2.24, 2.45) is 0 Å². The molecule has 1 N–H and O–H groups in total. The number of aryl methyl sites for hydroxylation is 1. The number of pyridine rings is 1. The zero-order valence-corrected chi connectivity index (χ0v) is 16.1. The van der Waals surface area contributed by atoms with Crippen LogP contribution in [0.1, 0.15) is 17.0 Å². The fourth-order valence-corrected chi connectivity index (χ4v) is 3.12. The SMILES string of the molecule is Cc1nn(-c2ccccc2)c(C)c1/C=C/C(=O)Nc1cccnc1-n1cccn1. The number of anilines is 1. The van der Waals surface area contributed by atoms with Crippen LogP contribution in [0.15, 0.2) is 73.2 Å². The number of nitrogens with one attached hydrogen (secondary N) is 1. The molecule has 0 unspecified atom stereocenters. The van der Waals surface area contributed by atoms with Crippen LogP contribution in [-0.2, 0) is 4.79 Å². The van der Waals surface area contributed by atoms with Gasteiger partial charge in [-0.25, -0.2) is 14.3 Å². The fourth-order valence-electron chi connectivity index (χ4n) is 3.12. The first-order valence-electron chi connectivity index (χ1n) is 9.19.